The largest absolute Gasteiger partial charge is 0.298 e. The Hall–Kier alpha value is -2.64. The summed E-state index contributed by atoms with van der Waals surface area (Å²) in [7, 11) is 0. The summed E-state index contributed by atoms with van der Waals surface area (Å²) in [4.78, 5) is 11.5. The Morgan fingerprint density at radius 1 is 0.941 bits per heavy atom. The minimum Gasteiger partial charge on any atom is -0.298 e. The van der Waals surface area contributed by atoms with Crippen LogP contribution in [-0.2, 0) is 12.8 Å². The first-order chi connectivity index (χ1) is 16.5. The van der Waals surface area contributed by atoms with E-state index in [-0.39, 0.29) is 0 Å². The molecule has 3 aromatic carbocycles. The number of benzene rings is 3. The second-order valence-corrected chi connectivity index (χ2v) is 10.1. The number of aldehydes is 1. The van der Waals surface area contributed by atoms with Crippen molar-refractivity contribution in [3.8, 4) is 0 Å². The van der Waals surface area contributed by atoms with Gasteiger partial charge in [-0.25, -0.2) is 0 Å². The van der Waals surface area contributed by atoms with E-state index in [2.05, 4.69) is 69.3 Å². The number of allylic oxidation sites excluding steroid dienone is 1. The molecule has 0 fully saturated rings. The van der Waals surface area contributed by atoms with Crippen molar-refractivity contribution < 1.29 is 4.79 Å². The van der Waals surface area contributed by atoms with E-state index in [0.29, 0.717) is 0 Å². The quantitative estimate of drug-likeness (QED) is 0.300. The number of hydrogen-bond donors (Lipinski definition) is 0. The van der Waals surface area contributed by atoms with Crippen molar-refractivity contribution in [2.75, 3.05) is 0 Å². The van der Waals surface area contributed by atoms with Gasteiger partial charge in [0.1, 0.15) is 6.29 Å². The third-order valence-electron chi connectivity index (χ3n) is 7.26. The molecule has 1 nitrogen and oxygen atoms in total. The highest BCUT2D eigenvalue weighted by Crippen LogP contribution is 2.41. The molecule has 0 radical (unpaired) electrons. The Kier molecular flexibility index (Phi) is 8.06. The molecule has 0 amide bonds. The predicted molar refractivity (Wildman–Crippen MR) is 146 cm³/mol. The number of halogens is 1. The molecule has 0 aromatic heterocycles. The lowest BCUT2D eigenvalue weighted by molar-refractivity contribution is 0.112. The summed E-state index contributed by atoms with van der Waals surface area (Å²) in [6.07, 6.45) is 8.89. The van der Waals surface area contributed by atoms with Crippen LogP contribution in [-0.4, -0.2) is 6.29 Å². The van der Waals surface area contributed by atoms with Gasteiger partial charge in [-0.15, -0.1) is 0 Å². The summed E-state index contributed by atoms with van der Waals surface area (Å²) in [6.45, 7) is 6.73. The maximum absolute atomic E-state index is 11.5. The number of carbonyl (C=O) groups excluding carboxylic acids is 1. The lowest BCUT2D eigenvalue weighted by Gasteiger charge is -2.19. The first-order valence-electron chi connectivity index (χ1n) is 12.7. The molecule has 34 heavy (non-hydrogen) atoms. The van der Waals surface area contributed by atoms with Crippen LogP contribution in [0.25, 0.3) is 11.1 Å². The molecule has 0 N–H and O–H groups in total. The molecule has 0 spiro atoms. The van der Waals surface area contributed by atoms with Crippen LogP contribution in [0, 0.1) is 12.8 Å². The van der Waals surface area contributed by atoms with Crippen LogP contribution in [0.15, 0.2) is 60.7 Å². The first-order valence-corrected chi connectivity index (χ1v) is 13.1. The molecule has 3 aromatic rings. The Balaban J connectivity index is 1.85. The molecule has 0 heterocycles. The number of fused-ring (bicyclic) bond motifs is 1. The standard InChI is InChI=1S/C32H35ClO/c1-4-7-23(5-2)19-24-10-13-26(14-11-24)32-30-16-12-25(21-34)20-27(30)8-6-9-31(32)29-17-15-28(33)18-22(29)3/h10-18,20-21,23H,4-9,19H2,1-3H3. The van der Waals surface area contributed by atoms with Gasteiger partial charge in [0.25, 0.3) is 0 Å². The van der Waals surface area contributed by atoms with Gasteiger partial charge in [-0.1, -0.05) is 87.2 Å². The second kappa shape index (κ2) is 11.2. The number of rotatable bonds is 8. The van der Waals surface area contributed by atoms with Crippen molar-refractivity contribution >= 4 is 29.0 Å². The van der Waals surface area contributed by atoms with E-state index in [9.17, 15) is 4.79 Å². The summed E-state index contributed by atoms with van der Waals surface area (Å²) < 4.78 is 0. The van der Waals surface area contributed by atoms with Crippen LogP contribution in [0.5, 0.6) is 0 Å². The predicted octanol–water partition coefficient (Wildman–Crippen LogP) is 9.13. The lowest BCUT2D eigenvalue weighted by atomic mass is 9.85. The van der Waals surface area contributed by atoms with Crippen molar-refractivity contribution in [3.63, 3.8) is 0 Å². The molecule has 2 heteroatoms. The number of aryl methyl sites for hydroxylation is 2. The molecule has 1 unspecified atom stereocenters. The molecular weight excluding hydrogens is 436 g/mol. The molecule has 0 saturated heterocycles. The maximum Gasteiger partial charge on any atom is 0.150 e. The molecule has 0 bridgehead atoms. The Labute approximate surface area is 209 Å². The minimum absolute atomic E-state index is 0.751. The van der Waals surface area contributed by atoms with E-state index < -0.39 is 0 Å². The van der Waals surface area contributed by atoms with Crippen molar-refractivity contribution in [2.24, 2.45) is 5.92 Å². The van der Waals surface area contributed by atoms with E-state index >= 15 is 0 Å². The number of hydrogen-bond acceptors (Lipinski definition) is 1. The molecule has 176 valence electrons. The van der Waals surface area contributed by atoms with Crippen molar-refractivity contribution in [1.29, 1.82) is 0 Å². The smallest absolute Gasteiger partial charge is 0.150 e. The van der Waals surface area contributed by atoms with Gasteiger partial charge < -0.3 is 0 Å². The Morgan fingerprint density at radius 2 is 1.71 bits per heavy atom. The highest BCUT2D eigenvalue weighted by Gasteiger charge is 2.21. The first kappa shape index (κ1) is 24.5. The molecule has 4 rings (SSSR count). The topological polar surface area (TPSA) is 17.1 Å². The van der Waals surface area contributed by atoms with Gasteiger partial charge in [0.2, 0.25) is 0 Å². The van der Waals surface area contributed by atoms with E-state index in [0.717, 1.165) is 48.5 Å². The van der Waals surface area contributed by atoms with E-state index in [1.165, 1.54) is 63.8 Å². The summed E-state index contributed by atoms with van der Waals surface area (Å²) in [6, 6.07) is 21.6. The van der Waals surface area contributed by atoms with Gasteiger partial charge in [-0.3, -0.25) is 4.79 Å². The average molecular weight is 471 g/mol. The third-order valence-corrected chi connectivity index (χ3v) is 7.50. The Bertz CT molecular complexity index is 1190. The van der Waals surface area contributed by atoms with Gasteiger partial charge in [0.05, 0.1) is 0 Å². The van der Waals surface area contributed by atoms with Gasteiger partial charge in [0, 0.05) is 10.6 Å². The monoisotopic (exact) mass is 470 g/mol. The maximum atomic E-state index is 11.5. The normalized spacial score (nSPS) is 14.5. The third kappa shape index (κ3) is 5.36. The van der Waals surface area contributed by atoms with E-state index in [1.807, 2.05) is 12.1 Å². The van der Waals surface area contributed by atoms with Gasteiger partial charge in [0.15, 0.2) is 0 Å². The molecular formula is C32H35ClO. The highest BCUT2D eigenvalue weighted by atomic mass is 35.5. The van der Waals surface area contributed by atoms with Crippen LogP contribution in [0.1, 0.15) is 89.7 Å². The van der Waals surface area contributed by atoms with Crippen molar-refractivity contribution in [1.82, 2.24) is 0 Å². The highest BCUT2D eigenvalue weighted by molar-refractivity contribution is 6.30. The van der Waals surface area contributed by atoms with Crippen LogP contribution >= 0.6 is 11.6 Å². The Morgan fingerprint density at radius 3 is 2.38 bits per heavy atom. The van der Waals surface area contributed by atoms with Gasteiger partial charge in [-0.05, 0) is 101 Å². The van der Waals surface area contributed by atoms with E-state index in [4.69, 9.17) is 11.6 Å². The fourth-order valence-electron chi connectivity index (χ4n) is 5.45. The van der Waals surface area contributed by atoms with Crippen LogP contribution in [0.3, 0.4) is 0 Å². The fraction of sp³-hybridized carbons (Fsp3) is 0.344. The van der Waals surface area contributed by atoms with Gasteiger partial charge in [-0.2, -0.15) is 0 Å². The molecule has 1 aliphatic carbocycles. The SMILES string of the molecule is CCCC(CC)Cc1ccc(C2=C(c3ccc(Cl)cc3C)CCCc3cc(C=O)ccc32)cc1. The molecule has 0 aliphatic heterocycles. The second-order valence-electron chi connectivity index (χ2n) is 9.66. The van der Waals surface area contributed by atoms with Crippen LogP contribution < -0.4 is 0 Å². The summed E-state index contributed by atoms with van der Waals surface area (Å²) >= 11 is 6.30. The van der Waals surface area contributed by atoms with Gasteiger partial charge >= 0.3 is 0 Å². The van der Waals surface area contributed by atoms with E-state index in [1.54, 1.807) is 0 Å². The van der Waals surface area contributed by atoms with Crippen molar-refractivity contribution in [2.45, 2.75) is 65.7 Å². The number of carbonyl (C=O) groups is 1. The summed E-state index contributed by atoms with van der Waals surface area (Å²) in [5.41, 5.74) is 11.1. The van der Waals surface area contributed by atoms with Crippen molar-refractivity contribution in [3.05, 3.63) is 105 Å². The van der Waals surface area contributed by atoms with Crippen LogP contribution in [0.4, 0.5) is 0 Å². The zero-order valence-electron chi connectivity index (χ0n) is 20.7. The lowest BCUT2D eigenvalue weighted by Crippen LogP contribution is -2.03. The molecule has 1 atom stereocenters. The minimum atomic E-state index is 0.751. The van der Waals surface area contributed by atoms with Crippen LogP contribution in [0.2, 0.25) is 5.02 Å². The molecule has 1 aliphatic rings. The fourth-order valence-corrected chi connectivity index (χ4v) is 5.67. The average Bonchev–Trinajstić information content (AvgIpc) is 3.03. The summed E-state index contributed by atoms with van der Waals surface area (Å²) in [5.74, 6) is 0.753. The molecule has 0 saturated carbocycles. The summed E-state index contributed by atoms with van der Waals surface area (Å²) in [5, 5.41) is 0.773. The zero-order chi connectivity index (χ0) is 24.1. The zero-order valence-corrected chi connectivity index (χ0v) is 21.4.